The Labute approximate surface area is 106 Å². The van der Waals surface area contributed by atoms with Gasteiger partial charge in [0.25, 0.3) is 0 Å². The van der Waals surface area contributed by atoms with Gasteiger partial charge in [-0.2, -0.15) is 0 Å². The number of carbonyl (C=O) groups excluding carboxylic acids is 1. The van der Waals surface area contributed by atoms with E-state index < -0.39 is 0 Å². The van der Waals surface area contributed by atoms with Crippen molar-refractivity contribution < 1.29 is 4.79 Å². The van der Waals surface area contributed by atoms with Crippen molar-refractivity contribution in [2.45, 2.75) is 58.9 Å². The van der Waals surface area contributed by atoms with Crippen molar-refractivity contribution in [2.24, 2.45) is 23.5 Å². The number of hydrogen-bond acceptors (Lipinski definition) is 2. The van der Waals surface area contributed by atoms with Gasteiger partial charge in [-0.15, -0.1) is 0 Å². The van der Waals surface area contributed by atoms with E-state index in [1.165, 1.54) is 12.8 Å². The van der Waals surface area contributed by atoms with Crippen LogP contribution >= 0.6 is 0 Å². The van der Waals surface area contributed by atoms with Gasteiger partial charge in [0.1, 0.15) is 0 Å². The summed E-state index contributed by atoms with van der Waals surface area (Å²) in [4.78, 5) is 11.9. The van der Waals surface area contributed by atoms with Crippen LogP contribution < -0.4 is 11.1 Å². The zero-order valence-electron chi connectivity index (χ0n) is 11.5. The Morgan fingerprint density at radius 1 is 1.41 bits per heavy atom. The van der Waals surface area contributed by atoms with E-state index in [0.29, 0.717) is 30.8 Å². The first-order chi connectivity index (χ1) is 8.06. The molecule has 1 aliphatic rings. The largest absolute Gasteiger partial charge is 0.353 e. The topological polar surface area (TPSA) is 55.1 Å². The van der Waals surface area contributed by atoms with Gasteiger partial charge in [0.2, 0.25) is 5.91 Å². The van der Waals surface area contributed by atoms with Crippen molar-refractivity contribution in [3.05, 3.63) is 0 Å². The molecule has 0 saturated heterocycles. The van der Waals surface area contributed by atoms with E-state index in [4.69, 9.17) is 5.73 Å². The molecule has 0 aromatic heterocycles. The molecule has 1 fully saturated rings. The molecule has 0 heterocycles. The van der Waals surface area contributed by atoms with E-state index in [1.54, 1.807) is 0 Å². The summed E-state index contributed by atoms with van der Waals surface area (Å²) < 4.78 is 0. The molecule has 0 radical (unpaired) electrons. The number of nitrogens with one attached hydrogen (secondary N) is 1. The number of hydrogen-bond donors (Lipinski definition) is 2. The van der Waals surface area contributed by atoms with Gasteiger partial charge in [0.05, 0.1) is 0 Å². The zero-order valence-corrected chi connectivity index (χ0v) is 11.5. The average Bonchev–Trinajstić information content (AvgIpc) is 2.29. The predicted octanol–water partition coefficient (Wildman–Crippen LogP) is 2.30. The average molecular weight is 240 g/mol. The molecule has 1 rings (SSSR count). The molecule has 1 amide bonds. The van der Waals surface area contributed by atoms with Crippen molar-refractivity contribution in [1.82, 2.24) is 5.32 Å². The molecular formula is C14H28N2O. The number of amides is 1. The first-order valence-electron chi connectivity index (χ1n) is 7.06. The molecule has 17 heavy (non-hydrogen) atoms. The minimum Gasteiger partial charge on any atom is -0.353 e. The quantitative estimate of drug-likeness (QED) is 0.774. The molecule has 3 heteroatoms. The van der Waals surface area contributed by atoms with E-state index in [0.717, 1.165) is 18.8 Å². The van der Waals surface area contributed by atoms with E-state index in [1.807, 2.05) is 0 Å². The monoisotopic (exact) mass is 240 g/mol. The molecule has 0 aromatic carbocycles. The zero-order chi connectivity index (χ0) is 12.8. The molecule has 1 aliphatic carbocycles. The summed E-state index contributed by atoms with van der Waals surface area (Å²) in [7, 11) is 0. The minimum atomic E-state index is 0.189. The van der Waals surface area contributed by atoms with Crippen molar-refractivity contribution in [3.63, 3.8) is 0 Å². The van der Waals surface area contributed by atoms with E-state index in [9.17, 15) is 4.79 Å². The smallest absolute Gasteiger partial charge is 0.220 e. The lowest BCUT2D eigenvalue weighted by atomic mass is 9.80. The van der Waals surface area contributed by atoms with E-state index in [2.05, 4.69) is 26.1 Å². The second kappa shape index (κ2) is 7.00. The van der Waals surface area contributed by atoms with Gasteiger partial charge < -0.3 is 11.1 Å². The fourth-order valence-electron chi connectivity index (χ4n) is 2.80. The molecule has 3 nitrogen and oxygen atoms in total. The molecule has 4 unspecified atom stereocenters. The van der Waals surface area contributed by atoms with Gasteiger partial charge in [0.15, 0.2) is 0 Å². The molecule has 0 bridgehead atoms. The maximum atomic E-state index is 11.9. The van der Waals surface area contributed by atoms with Gasteiger partial charge in [-0.1, -0.05) is 27.2 Å². The van der Waals surface area contributed by atoms with Crippen LogP contribution in [0.2, 0.25) is 0 Å². The summed E-state index contributed by atoms with van der Waals surface area (Å²) in [5.74, 6) is 1.95. The Kier molecular flexibility index (Phi) is 5.96. The second-order valence-electron chi connectivity index (χ2n) is 5.78. The summed E-state index contributed by atoms with van der Waals surface area (Å²) in [5, 5.41) is 3.19. The van der Waals surface area contributed by atoms with Gasteiger partial charge >= 0.3 is 0 Å². The Morgan fingerprint density at radius 3 is 2.65 bits per heavy atom. The molecule has 3 N–H and O–H groups in total. The van der Waals surface area contributed by atoms with Crippen LogP contribution in [0.4, 0.5) is 0 Å². The maximum absolute atomic E-state index is 11.9. The lowest BCUT2D eigenvalue weighted by Crippen LogP contribution is -2.43. The summed E-state index contributed by atoms with van der Waals surface area (Å²) >= 11 is 0. The standard InChI is InChI=1S/C14H28N2O/c1-4-12(9-15)8-14(17)16-13-6-5-10(2)7-11(13)3/h10-13H,4-9,15H2,1-3H3,(H,16,17). The second-order valence-corrected chi connectivity index (χ2v) is 5.78. The molecule has 0 aliphatic heterocycles. The molecule has 0 spiro atoms. The Morgan fingerprint density at radius 2 is 2.12 bits per heavy atom. The summed E-state index contributed by atoms with van der Waals surface area (Å²) in [5.41, 5.74) is 5.63. The van der Waals surface area contributed by atoms with Crippen LogP contribution in [-0.2, 0) is 4.79 Å². The number of carbonyl (C=O) groups is 1. The highest BCUT2D eigenvalue weighted by atomic mass is 16.1. The number of rotatable bonds is 5. The lowest BCUT2D eigenvalue weighted by Gasteiger charge is -2.33. The third-order valence-electron chi connectivity index (χ3n) is 4.16. The highest BCUT2D eigenvalue weighted by Crippen LogP contribution is 2.28. The fraction of sp³-hybridized carbons (Fsp3) is 0.929. The molecular weight excluding hydrogens is 212 g/mol. The summed E-state index contributed by atoms with van der Waals surface area (Å²) in [6.45, 7) is 7.26. The van der Waals surface area contributed by atoms with Crippen LogP contribution in [0.15, 0.2) is 0 Å². The van der Waals surface area contributed by atoms with Gasteiger partial charge in [-0.05, 0) is 43.6 Å². The third-order valence-corrected chi connectivity index (χ3v) is 4.16. The molecule has 1 saturated carbocycles. The van der Waals surface area contributed by atoms with Gasteiger partial charge in [0, 0.05) is 12.5 Å². The van der Waals surface area contributed by atoms with E-state index in [-0.39, 0.29) is 5.91 Å². The first-order valence-corrected chi connectivity index (χ1v) is 7.06. The van der Waals surface area contributed by atoms with E-state index >= 15 is 0 Å². The van der Waals surface area contributed by atoms with Gasteiger partial charge in [-0.25, -0.2) is 0 Å². The van der Waals surface area contributed by atoms with Crippen LogP contribution in [0.5, 0.6) is 0 Å². The van der Waals surface area contributed by atoms with Crippen LogP contribution in [0, 0.1) is 17.8 Å². The SMILES string of the molecule is CCC(CN)CC(=O)NC1CCC(C)CC1C. The molecule has 100 valence electrons. The van der Waals surface area contributed by atoms with Crippen LogP contribution in [-0.4, -0.2) is 18.5 Å². The predicted molar refractivity (Wildman–Crippen MR) is 71.6 cm³/mol. The minimum absolute atomic E-state index is 0.189. The summed E-state index contributed by atoms with van der Waals surface area (Å²) in [6.07, 6.45) is 5.18. The fourth-order valence-corrected chi connectivity index (χ4v) is 2.80. The number of nitrogens with two attached hydrogens (primary N) is 1. The maximum Gasteiger partial charge on any atom is 0.220 e. The Bertz CT molecular complexity index is 238. The Balaban J connectivity index is 2.35. The molecule has 0 aromatic rings. The third kappa shape index (κ3) is 4.66. The Hall–Kier alpha value is -0.570. The first kappa shape index (κ1) is 14.5. The lowest BCUT2D eigenvalue weighted by molar-refractivity contribution is -0.123. The van der Waals surface area contributed by atoms with Crippen LogP contribution in [0.1, 0.15) is 52.9 Å². The van der Waals surface area contributed by atoms with Crippen molar-refractivity contribution in [1.29, 1.82) is 0 Å². The highest BCUT2D eigenvalue weighted by molar-refractivity contribution is 5.76. The summed E-state index contributed by atoms with van der Waals surface area (Å²) in [6, 6.07) is 0.383. The van der Waals surface area contributed by atoms with Gasteiger partial charge in [-0.3, -0.25) is 4.79 Å². The highest BCUT2D eigenvalue weighted by Gasteiger charge is 2.26. The van der Waals surface area contributed by atoms with Crippen molar-refractivity contribution >= 4 is 5.91 Å². The van der Waals surface area contributed by atoms with Crippen molar-refractivity contribution in [2.75, 3.05) is 6.54 Å². The molecule has 4 atom stereocenters. The van der Waals surface area contributed by atoms with Crippen LogP contribution in [0.3, 0.4) is 0 Å². The van der Waals surface area contributed by atoms with Crippen LogP contribution in [0.25, 0.3) is 0 Å². The normalized spacial score (nSPS) is 30.9. The van der Waals surface area contributed by atoms with Crippen molar-refractivity contribution in [3.8, 4) is 0 Å².